The Labute approximate surface area is 145 Å². The average Bonchev–Trinajstić information content (AvgIpc) is 2.62. The molecule has 0 aliphatic heterocycles. The standard InChI is InChI=1S/C11H12O3.C8H8O3/c1-3-7-14-10-6-4-5-9(8-10)11(12)13-2;1-5-6(8(10)11)3-2-4-7(5)9/h3-6,8H,1,7H2,2H3;2-4,9H,1H3,(H,10,11). The zero-order chi connectivity index (χ0) is 18.8. The van der Waals surface area contributed by atoms with E-state index in [1.807, 2.05) is 0 Å². The minimum atomic E-state index is -1.02. The number of methoxy groups -OCH3 is 1. The van der Waals surface area contributed by atoms with Gasteiger partial charge in [0.1, 0.15) is 18.1 Å². The summed E-state index contributed by atoms with van der Waals surface area (Å²) in [6.45, 7) is 5.52. The van der Waals surface area contributed by atoms with Crippen molar-refractivity contribution in [2.24, 2.45) is 0 Å². The maximum Gasteiger partial charge on any atom is 0.337 e. The Hall–Kier alpha value is -3.28. The summed E-state index contributed by atoms with van der Waals surface area (Å²) >= 11 is 0. The molecule has 0 saturated heterocycles. The number of carbonyl (C=O) groups excluding carboxylic acids is 1. The quantitative estimate of drug-likeness (QED) is 0.637. The van der Waals surface area contributed by atoms with Crippen LogP contribution in [0.2, 0.25) is 0 Å². The molecular weight excluding hydrogens is 324 g/mol. The highest BCUT2D eigenvalue weighted by molar-refractivity contribution is 5.90. The van der Waals surface area contributed by atoms with E-state index >= 15 is 0 Å². The number of carbonyl (C=O) groups is 2. The van der Waals surface area contributed by atoms with Gasteiger partial charge in [-0.25, -0.2) is 9.59 Å². The van der Waals surface area contributed by atoms with E-state index in [2.05, 4.69) is 11.3 Å². The number of benzene rings is 2. The average molecular weight is 344 g/mol. The van der Waals surface area contributed by atoms with Crippen LogP contribution in [0.3, 0.4) is 0 Å². The lowest BCUT2D eigenvalue weighted by Crippen LogP contribution is -2.01. The van der Waals surface area contributed by atoms with Crippen LogP contribution in [0.5, 0.6) is 11.5 Å². The lowest BCUT2D eigenvalue weighted by molar-refractivity contribution is 0.0599. The monoisotopic (exact) mass is 344 g/mol. The van der Waals surface area contributed by atoms with Gasteiger partial charge in [-0.15, -0.1) is 0 Å². The molecule has 25 heavy (non-hydrogen) atoms. The molecule has 2 rings (SSSR count). The first kappa shape index (κ1) is 19.8. The van der Waals surface area contributed by atoms with E-state index in [-0.39, 0.29) is 17.3 Å². The predicted molar refractivity (Wildman–Crippen MR) is 93.3 cm³/mol. The van der Waals surface area contributed by atoms with Gasteiger partial charge in [0, 0.05) is 5.56 Å². The summed E-state index contributed by atoms with van der Waals surface area (Å²) in [4.78, 5) is 21.6. The van der Waals surface area contributed by atoms with Crippen LogP contribution < -0.4 is 4.74 Å². The first-order valence-corrected chi connectivity index (χ1v) is 7.34. The lowest BCUT2D eigenvalue weighted by Gasteiger charge is -2.04. The van der Waals surface area contributed by atoms with Crippen molar-refractivity contribution in [3.8, 4) is 11.5 Å². The number of carboxylic acids is 1. The second-order valence-electron chi connectivity index (χ2n) is 4.87. The molecule has 0 aliphatic carbocycles. The van der Waals surface area contributed by atoms with Crippen LogP contribution in [0.1, 0.15) is 26.3 Å². The highest BCUT2D eigenvalue weighted by Gasteiger charge is 2.08. The summed E-state index contributed by atoms with van der Waals surface area (Å²) in [7, 11) is 1.35. The van der Waals surface area contributed by atoms with Crippen molar-refractivity contribution in [3.63, 3.8) is 0 Å². The normalized spacial score (nSPS) is 9.36. The number of rotatable bonds is 5. The van der Waals surface area contributed by atoms with Gasteiger partial charge in [-0.05, 0) is 37.3 Å². The second-order valence-corrected chi connectivity index (χ2v) is 4.87. The van der Waals surface area contributed by atoms with Crippen LogP contribution >= 0.6 is 0 Å². The fourth-order valence-corrected chi connectivity index (χ4v) is 1.84. The Kier molecular flexibility index (Phi) is 7.72. The van der Waals surface area contributed by atoms with Crippen LogP contribution in [0.25, 0.3) is 0 Å². The van der Waals surface area contributed by atoms with Crippen molar-refractivity contribution in [1.82, 2.24) is 0 Å². The summed E-state index contributed by atoms with van der Waals surface area (Å²) < 4.78 is 9.85. The summed E-state index contributed by atoms with van der Waals surface area (Å²) in [6.07, 6.45) is 1.64. The van der Waals surface area contributed by atoms with E-state index in [9.17, 15) is 9.59 Å². The maximum atomic E-state index is 11.1. The predicted octanol–water partition coefficient (Wildman–Crippen LogP) is 3.44. The van der Waals surface area contributed by atoms with Gasteiger partial charge in [0.15, 0.2) is 0 Å². The van der Waals surface area contributed by atoms with Gasteiger partial charge in [0.05, 0.1) is 18.2 Å². The van der Waals surface area contributed by atoms with Crippen LogP contribution in [-0.4, -0.2) is 35.9 Å². The van der Waals surface area contributed by atoms with Gasteiger partial charge in [0.25, 0.3) is 0 Å². The molecule has 2 aromatic rings. The molecule has 6 nitrogen and oxygen atoms in total. The summed E-state index contributed by atoms with van der Waals surface area (Å²) in [6, 6.07) is 11.2. The van der Waals surface area contributed by atoms with Crippen molar-refractivity contribution in [3.05, 3.63) is 71.8 Å². The fraction of sp³-hybridized carbons (Fsp3) is 0.158. The van der Waals surface area contributed by atoms with Gasteiger partial charge in [-0.2, -0.15) is 0 Å². The minimum absolute atomic E-state index is 0.0184. The first-order chi connectivity index (χ1) is 11.9. The van der Waals surface area contributed by atoms with E-state index in [0.29, 0.717) is 23.5 Å². The number of ether oxygens (including phenoxy) is 2. The number of carboxylic acid groups (broad SMARTS) is 1. The summed E-state index contributed by atoms with van der Waals surface area (Å²) in [5, 5.41) is 17.7. The van der Waals surface area contributed by atoms with E-state index in [1.54, 1.807) is 37.3 Å². The highest BCUT2D eigenvalue weighted by Crippen LogP contribution is 2.19. The molecule has 0 radical (unpaired) electrons. The van der Waals surface area contributed by atoms with Gasteiger partial charge in [-0.1, -0.05) is 24.8 Å². The number of aromatic carboxylic acids is 1. The molecule has 0 unspecified atom stereocenters. The summed E-state index contributed by atoms with van der Waals surface area (Å²) in [5.41, 5.74) is 1.03. The Morgan fingerprint density at radius 2 is 1.88 bits per heavy atom. The number of aromatic hydroxyl groups is 1. The third-order valence-corrected chi connectivity index (χ3v) is 3.16. The van der Waals surface area contributed by atoms with Gasteiger partial charge >= 0.3 is 11.9 Å². The third-order valence-electron chi connectivity index (χ3n) is 3.16. The van der Waals surface area contributed by atoms with Crippen molar-refractivity contribution < 1.29 is 29.3 Å². The van der Waals surface area contributed by atoms with Gasteiger partial charge in [0.2, 0.25) is 0 Å². The van der Waals surface area contributed by atoms with Gasteiger partial charge < -0.3 is 19.7 Å². The van der Waals surface area contributed by atoms with E-state index in [1.165, 1.54) is 25.3 Å². The molecule has 132 valence electrons. The molecule has 0 spiro atoms. The molecule has 2 aromatic carbocycles. The van der Waals surface area contributed by atoms with E-state index in [0.717, 1.165) is 0 Å². The Morgan fingerprint density at radius 1 is 1.20 bits per heavy atom. The van der Waals surface area contributed by atoms with Crippen LogP contribution in [0.4, 0.5) is 0 Å². The Morgan fingerprint density at radius 3 is 2.44 bits per heavy atom. The molecule has 0 amide bonds. The maximum absolute atomic E-state index is 11.1. The Bertz CT molecular complexity index is 751. The SMILES string of the molecule is C=CCOc1cccc(C(=O)OC)c1.Cc1c(O)cccc1C(=O)O. The first-order valence-electron chi connectivity index (χ1n) is 7.34. The van der Waals surface area contributed by atoms with E-state index in [4.69, 9.17) is 14.9 Å². The largest absolute Gasteiger partial charge is 0.508 e. The fourth-order valence-electron chi connectivity index (χ4n) is 1.84. The van der Waals surface area contributed by atoms with Crippen molar-refractivity contribution >= 4 is 11.9 Å². The minimum Gasteiger partial charge on any atom is -0.508 e. The topological polar surface area (TPSA) is 93.1 Å². The molecule has 0 atom stereocenters. The zero-order valence-electron chi connectivity index (χ0n) is 14.1. The molecule has 0 saturated carbocycles. The van der Waals surface area contributed by atoms with Crippen LogP contribution in [-0.2, 0) is 4.74 Å². The lowest BCUT2D eigenvalue weighted by atomic mass is 10.1. The number of esters is 1. The highest BCUT2D eigenvalue weighted by atomic mass is 16.5. The van der Waals surface area contributed by atoms with Crippen molar-refractivity contribution in [2.45, 2.75) is 6.92 Å². The third kappa shape index (κ3) is 6.02. The van der Waals surface area contributed by atoms with Crippen LogP contribution in [0, 0.1) is 6.92 Å². The zero-order valence-corrected chi connectivity index (χ0v) is 14.1. The number of hydrogen-bond donors (Lipinski definition) is 2. The molecule has 0 heterocycles. The molecule has 2 N–H and O–H groups in total. The molecule has 0 fully saturated rings. The molecule has 0 bridgehead atoms. The molecule has 6 heteroatoms. The van der Waals surface area contributed by atoms with Crippen LogP contribution in [0.15, 0.2) is 55.1 Å². The molecule has 0 aliphatic rings. The number of phenols is 1. The number of hydrogen-bond acceptors (Lipinski definition) is 5. The van der Waals surface area contributed by atoms with Crippen molar-refractivity contribution in [2.75, 3.05) is 13.7 Å². The van der Waals surface area contributed by atoms with Gasteiger partial charge in [-0.3, -0.25) is 0 Å². The second kappa shape index (κ2) is 9.77. The molecular formula is C19H20O6. The summed E-state index contributed by atoms with van der Waals surface area (Å²) in [5.74, 6) is -0.731. The smallest absolute Gasteiger partial charge is 0.337 e. The van der Waals surface area contributed by atoms with E-state index < -0.39 is 5.97 Å². The Balaban J connectivity index is 0.000000257. The number of phenolic OH excluding ortho intramolecular Hbond substituents is 1. The van der Waals surface area contributed by atoms with Crippen molar-refractivity contribution in [1.29, 1.82) is 0 Å². The molecule has 0 aromatic heterocycles.